The molecule has 37 heavy (non-hydrogen) atoms. The minimum atomic E-state index is -0.717. The lowest BCUT2D eigenvalue weighted by Crippen LogP contribution is -2.12. The van der Waals surface area contributed by atoms with Crippen LogP contribution in [0.3, 0.4) is 0 Å². The number of carboxylic acid groups (broad SMARTS) is 1. The van der Waals surface area contributed by atoms with Crippen LogP contribution in [0.4, 0.5) is 0 Å². The molecule has 0 bridgehead atoms. The van der Waals surface area contributed by atoms with Gasteiger partial charge < -0.3 is 9.84 Å². The highest BCUT2D eigenvalue weighted by molar-refractivity contribution is 5.85. The molecule has 0 fully saturated rings. The summed E-state index contributed by atoms with van der Waals surface area (Å²) in [5.74, 6) is -1.57. The van der Waals surface area contributed by atoms with E-state index in [-0.39, 0.29) is 19.3 Å². The van der Waals surface area contributed by atoms with Crippen molar-refractivity contribution in [2.45, 2.75) is 57.8 Å². The lowest BCUT2D eigenvalue weighted by molar-refractivity contribution is -0.159. The summed E-state index contributed by atoms with van der Waals surface area (Å²) in [6.45, 7) is 0. The molecule has 0 aliphatic carbocycles. The van der Waals surface area contributed by atoms with Crippen LogP contribution in [0.5, 0.6) is 0 Å². The van der Waals surface area contributed by atoms with Gasteiger partial charge in [0.2, 0.25) is 0 Å². The van der Waals surface area contributed by atoms with Crippen LogP contribution in [0.2, 0.25) is 0 Å². The first-order chi connectivity index (χ1) is 18.4. The predicted molar refractivity (Wildman–Crippen MR) is 147 cm³/mol. The number of benzene rings is 3. The normalized spacial score (nSPS) is 9.76. The molecular formula is C32H36O5. The van der Waals surface area contributed by atoms with E-state index in [1.54, 1.807) is 0 Å². The van der Waals surface area contributed by atoms with E-state index in [0.717, 1.165) is 25.7 Å². The second-order valence-corrected chi connectivity index (χ2v) is 8.26. The van der Waals surface area contributed by atoms with Gasteiger partial charge in [0.1, 0.15) is 1.37 Å². The van der Waals surface area contributed by atoms with Gasteiger partial charge in [0.05, 0.1) is 0 Å². The average molecular weight is 502 g/mol. The lowest BCUT2D eigenvalue weighted by atomic mass is 10.1. The van der Waals surface area contributed by atoms with Gasteiger partial charge in [-0.2, -0.15) is 0 Å². The van der Waals surface area contributed by atoms with Gasteiger partial charge in [0.25, 0.3) is 0 Å². The molecule has 0 aliphatic heterocycles. The van der Waals surface area contributed by atoms with Crippen LogP contribution in [0.25, 0.3) is 0 Å². The molecule has 1 N–H and O–H groups in total. The summed E-state index contributed by atoms with van der Waals surface area (Å²) in [5.41, 5.74) is 3.59. The largest absolute Gasteiger partial charge is 0.481 e. The van der Waals surface area contributed by atoms with E-state index in [9.17, 15) is 14.4 Å². The van der Waals surface area contributed by atoms with Crippen molar-refractivity contribution in [1.82, 2.24) is 0 Å². The fourth-order valence-electron chi connectivity index (χ4n) is 3.48. The van der Waals surface area contributed by atoms with Crippen LogP contribution in [0.15, 0.2) is 91.0 Å². The first-order valence-electron chi connectivity index (χ1n) is 12.9. The van der Waals surface area contributed by atoms with Crippen LogP contribution in [-0.2, 0) is 38.4 Å². The van der Waals surface area contributed by atoms with Gasteiger partial charge in [-0.1, -0.05) is 91.0 Å². The van der Waals surface area contributed by atoms with Crippen LogP contribution in [0, 0.1) is 12.8 Å². The van der Waals surface area contributed by atoms with Crippen LogP contribution in [0.1, 0.15) is 56.6 Å². The Kier molecular flexibility index (Phi) is 15.8. The Hall–Kier alpha value is -4.17. The van der Waals surface area contributed by atoms with E-state index < -0.39 is 17.9 Å². The number of ether oxygens (including phenoxy) is 1. The molecule has 0 spiro atoms. The molecule has 0 amide bonds. The van der Waals surface area contributed by atoms with Gasteiger partial charge in [0, 0.05) is 19.3 Å². The quantitative estimate of drug-likeness (QED) is 0.175. The molecule has 0 unspecified atom stereocenters. The van der Waals surface area contributed by atoms with E-state index in [0.29, 0.717) is 12.8 Å². The highest BCUT2D eigenvalue weighted by Gasteiger charge is 2.10. The third-order valence-electron chi connectivity index (χ3n) is 5.30. The Morgan fingerprint density at radius 3 is 1.22 bits per heavy atom. The standard InChI is InChI=1S/C20H22O3.C10H12O2.C2H2/c21-19(15-7-13-17-9-3-1-4-10-17)23-20(22)16-8-14-18-11-5-2-6-12-18;11-10(12)8-4-7-9-5-2-1-3-6-9;1-2/h1-6,9-12H,7-8,13-16H2;1-3,5-6H,4,7-8H2,(H,11,12);1-2H/i;;1D. The van der Waals surface area contributed by atoms with Crippen LogP contribution >= 0.6 is 0 Å². The number of terminal acetylenes is 1. The molecule has 0 saturated carbocycles. The summed E-state index contributed by atoms with van der Waals surface area (Å²) in [4.78, 5) is 33.5. The van der Waals surface area contributed by atoms with Gasteiger partial charge in [-0.3, -0.25) is 14.4 Å². The summed E-state index contributed by atoms with van der Waals surface area (Å²) in [6.07, 6.45) is 11.2. The first-order valence-corrected chi connectivity index (χ1v) is 12.4. The molecule has 194 valence electrons. The van der Waals surface area contributed by atoms with Crippen molar-refractivity contribution in [3.05, 3.63) is 108 Å². The zero-order valence-corrected chi connectivity index (χ0v) is 21.2. The third-order valence-corrected chi connectivity index (χ3v) is 5.30. The third kappa shape index (κ3) is 16.2. The number of aliphatic carboxylic acids is 1. The lowest BCUT2D eigenvalue weighted by Gasteiger charge is -2.04. The number of hydrogen-bond donors (Lipinski definition) is 1. The smallest absolute Gasteiger partial charge is 0.313 e. The maximum Gasteiger partial charge on any atom is 0.313 e. The molecule has 0 heterocycles. The van der Waals surface area contributed by atoms with Gasteiger partial charge >= 0.3 is 17.9 Å². The van der Waals surface area contributed by atoms with E-state index in [4.69, 9.17) is 11.2 Å². The molecule has 0 saturated heterocycles. The van der Waals surface area contributed by atoms with Gasteiger partial charge in [-0.15, -0.1) is 12.8 Å². The Labute approximate surface area is 221 Å². The summed E-state index contributed by atoms with van der Waals surface area (Å²) in [7, 11) is 0. The van der Waals surface area contributed by atoms with E-state index in [1.165, 1.54) is 23.1 Å². The zero-order chi connectivity index (χ0) is 27.8. The monoisotopic (exact) mass is 501 g/mol. The van der Waals surface area contributed by atoms with Crippen molar-refractivity contribution in [3.8, 4) is 12.8 Å². The highest BCUT2D eigenvalue weighted by Crippen LogP contribution is 2.08. The molecular weight excluding hydrogens is 464 g/mol. The van der Waals surface area contributed by atoms with Gasteiger partial charge in [-0.25, -0.2) is 0 Å². The average Bonchev–Trinajstić information content (AvgIpc) is 2.91. The summed E-state index contributed by atoms with van der Waals surface area (Å²) in [5, 5.41) is 8.39. The SMILES string of the molecule is O=C(CCCc1ccccc1)OC(=O)CCCc1ccccc1.O=C(O)CCCc1ccccc1.[2H]C#C. The van der Waals surface area contributed by atoms with Crippen molar-refractivity contribution in [2.75, 3.05) is 0 Å². The van der Waals surface area contributed by atoms with E-state index in [1.807, 2.05) is 91.0 Å². The minimum absolute atomic E-state index is 0.259. The molecule has 3 rings (SSSR count). The Bertz CT molecular complexity index is 1040. The Morgan fingerprint density at radius 1 is 0.622 bits per heavy atom. The number of carbonyl (C=O) groups is 3. The van der Waals surface area contributed by atoms with Crippen molar-refractivity contribution >= 4 is 17.9 Å². The van der Waals surface area contributed by atoms with Crippen LogP contribution in [-0.4, -0.2) is 23.0 Å². The van der Waals surface area contributed by atoms with E-state index >= 15 is 0 Å². The van der Waals surface area contributed by atoms with Crippen molar-refractivity contribution in [2.24, 2.45) is 0 Å². The van der Waals surface area contributed by atoms with Crippen molar-refractivity contribution < 1.29 is 25.6 Å². The summed E-state index contributed by atoms with van der Waals surface area (Å²) >= 11 is 0. The maximum atomic E-state index is 11.6. The number of aryl methyl sites for hydroxylation is 3. The van der Waals surface area contributed by atoms with E-state index in [2.05, 4.69) is 6.42 Å². The first kappa shape index (κ1) is 29.1. The molecule has 0 radical (unpaired) electrons. The Morgan fingerprint density at radius 2 is 0.919 bits per heavy atom. The molecule has 5 heteroatoms. The van der Waals surface area contributed by atoms with Crippen LogP contribution < -0.4 is 0 Å². The summed E-state index contributed by atoms with van der Waals surface area (Å²) < 4.78 is 10.6. The molecule has 0 atom stereocenters. The zero-order valence-electron chi connectivity index (χ0n) is 22.2. The maximum absolute atomic E-state index is 11.6. The summed E-state index contributed by atoms with van der Waals surface area (Å²) in [6, 6.07) is 29.9. The predicted octanol–water partition coefficient (Wildman–Crippen LogP) is 6.45. The molecule has 5 nitrogen and oxygen atoms in total. The molecule has 3 aromatic carbocycles. The fraction of sp³-hybridized carbons (Fsp3) is 0.281. The second-order valence-electron chi connectivity index (χ2n) is 8.26. The number of carbonyl (C=O) groups excluding carboxylic acids is 2. The topological polar surface area (TPSA) is 80.7 Å². The van der Waals surface area contributed by atoms with Crippen molar-refractivity contribution in [1.29, 1.82) is 0 Å². The second kappa shape index (κ2) is 20.1. The van der Waals surface area contributed by atoms with Gasteiger partial charge in [0.15, 0.2) is 0 Å². The van der Waals surface area contributed by atoms with Crippen molar-refractivity contribution in [3.63, 3.8) is 0 Å². The fourth-order valence-corrected chi connectivity index (χ4v) is 3.48. The number of hydrogen-bond acceptors (Lipinski definition) is 4. The molecule has 0 aliphatic rings. The minimum Gasteiger partial charge on any atom is -0.481 e. The number of rotatable bonds is 12. The molecule has 3 aromatic rings. The molecule has 0 aromatic heterocycles. The number of carboxylic acids is 1. The highest BCUT2D eigenvalue weighted by atomic mass is 16.6. The Balaban J connectivity index is 0.000000403. The number of esters is 2. The van der Waals surface area contributed by atoms with Gasteiger partial charge in [-0.05, 0) is 55.2 Å².